The number of hydroxylamine groups is 2. The topological polar surface area (TPSA) is 43.8 Å². The van der Waals surface area contributed by atoms with Crippen LogP contribution in [0.3, 0.4) is 0 Å². The van der Waals surface area contributed by atoms with E-state index in [4.69, 9.17) is 5.21 Å². The molecule has 0 aromatic carbocycles. The summed E-state index contributed by atoms with van der Waals surface area (Å²) in [5.74, 6) is 0. The number of piperidine rings is 1. The van der Waals surface area contributed by atoms with Crippen LogP contribution >= 0.6 is 0 Å². The van der Waals surface area contributed by atoms with Crippen molar-refractivity contribution in [2.75, 3.05) is 13.1 Å². The molecule has 0 saturated carbocycles. The Balaban J connectivity index is 2.21. The van der Waals surface area contributed by atoms with E-state index in [9.17, 15) is 4.79 Å². The van der Waals surface area contributed by atoms with Crippen LogP contribution in [-0.2, 0) is 0 Å². The Morgan fingerprint density at radius 2 is 2.40 bits per heavy atom. The van der Waals surface area contributed by atoms with Crippen LogP contribution in [0, 0.1) is 0 Å². The molecular formula is C6H10N2O2. The molecule has 2 amide bonds. The number of fused-ring (bicyclic) bond motifs is 2. The number of carbonyl (C=O) groups excluding carboxylic acids is 1. The van der Waals surface area contributed by atoms with Gasteiger partial charge >= 0.3 is 6.03 Å². The fourth-order valence-corrected chi connectivity index (χ4v) is 1.63. The zero-order valence-corrected chi connectivity index (χ0v) is 5.66. The monoisotopic (exact) mass is 142 g/mol. The van der Waals surface area contributed by atoms with Gasteiger partial charge in [-0.2, -0.15) is 0 Å². The van der Waals surface area contributed by atoms with Gasteiger partial charge in [0.25, 0.3) is 0 Å². The van der Waals surface area contributed by atoms with Crippen LogP contribution in [0.2, 0.25) is 0 Å². The minimum Gasteiger partial charge on any atom is -0.321 e. The summed E-state index contributed by atoms with van der Waals surface area (Å²) < 4.78 is 0. The Labute approximate surface area is 59.0 Å². The zero-order valence-electron chi connectivity index (χ0n) is 5.66. The van der Waals surface area contributed by atoms with Crippen molar-refractivity contribution in [2.24, 2.45) is 0 Å². The minimum atomic E-state index is -0.220. The van der Waals surface area contributed by atoms with E-state index in [1.807, 2.05) is 0 Å². The van der Waals surface area contributed by atoms with E-state index in [1.54, 1.807) is 4.90 Å². The number of urea groups is 1. The summed E-state index contributed by atoms with van der Waals surface area (Å²) in [6.45, 7) is 1.53. The van der Waals surface area contributed by atoms with Gasteiger partial charge in [-0.05, 0) is 12.8 Å². The molecular weight excluding hydrogens is 132 g/mol. The Bertz CT molecular complexity index is 167. The second-order valence-corrected chi connectivity index (χ2v) is 2.87. The van der Waals surface area contributed by atoms with Crippen LogP contribution in [0.5, 0.6) is 0 Å². The van der Waals surface area contributed by atoms with Crippen molar-refractivity contribution in [1.29, 1.82) is 0 Å². The summed E-state index contributed by atoms with van der Waals surface area (Å²) in [7, 11) is 0. The van der Waals surface area contributed by atoms with Crippen molar-refractivity contribution in [2.45, 2.75) is 18.9 Å². The first-order valence-electron chi connectivity index (χ1n) is 3.56. The highest BCUT2D eigenvalue weighted by Crippen LogP contribution is 2.22. The number of carbonyl (C=O) groups is 1. The summed E-state index contributed by atoms with van der Waals surface area (Å²) in [6.07, 6.45) is 1.96. The van der Waals surface area contributed by atoms with Crippen molar-refractivity contribution in [3.05, 3.63) is 0 Å². The highest BCUT2D eigenvalue weighted by Gasteiger charge is 2.38. The molecule has 2 fully saturated rings. The van der Waals surface area contributed by atoms with Crippen molar-refractivity contribution in [3.63, 3.8) is 0 Å². The number of nitrogens with zero attached hydrogens (tertiary/aromatic N) is 2. The van der Waals surface area contributed by atoms with Gasteiger partial charge in [-0.15, -0.1) is 0 Å². The smallest absolute Gasteiger partial charge is 0.321 e. The van der Waals surface area contributed by atoms with Crippen LogP contribution in [0.4, 0.5) is 4.79 Å². The largest absolute Gasteiger partial charge is 0.344 e. The van der Waals surface area contributed by atoms with Crippen molar-refractivity contribution in [3.8, 4) is 0 Å². The number of amides is 2. The molecule has 0 aromatic heterocycles. The third-order valence-electron chi connectivity index (χ3n) is 2.21. The highest BCUT2D eigenvalue weighted by atomic mass is 16.5. The summed E-state index contributed by atoms with van der Waals surface area (Å²) in [5, 5.41) is 9.98. The van der Waals surface area contributed by atoms with Gasteiger partial charge in [-0.25, -0.2) is 9.86 Å². The summed E-state index contributed by atoms with van der Waals surface area (Å²) in [5.41, 5.74) is 0. The van der Waals surface area contributed by atoms with Gasteiger partial charge in [0.05, 0.1) is 6.04 Å². The molecule has 10 heavy (non-hydrogen) atoms. The molecule has 0 radical (unpaired) electrons. The third kappa shape index (κ3) is 0.623. The van der Waals surface area contributed by atoms with Gasteiger partial charge in [-0.1, -0.05) is 0 Å². The van der Waals surface area contributed by atoms with E-state index in [0.29, 0.717) is 0 Å². The van der Waals surface area contributed by atoms with Crippen molar-refractivity contribution < 1.29 is 10.0 Å². The van der Waals surface area contributed by atoms with E-state index in [0.717, 1.165) is 31.0 Å². The van der Waals surface area contributed by atoms with Crippen LogP contribution < -0.4 is 0 Å². The molecule has 0 unspecified atom stereocenters. The second-order valence-electron chi connectivity index (χ2n) is 2.87. The maximum absolute atomic E-state index is 11.0. The minimum absolute atomic E-state index is 0.0706. The normalized spacial score (nSPS) is 31.7. The van der Waals surface area contributed by atoms with Gasteiger partial charge < -0.3 is 4.90 Å². The third-order valence-corrected chi connectivity index (χ3v) is 2.21. The molecule has 2 saturated heterocycles. The molecule has 2 bridgehead atoms. The molecule has 4 nitrogen and oxygen atoms in total. The Hall–Kier alpha value is -0.770. The van der Waals surface area contributed by atoms with Crippen LogP contribution in [0.1, 0.15) is 12.8 Å². The highest BCUT2D eigenvalue weighted by molar-refractivity contribution is 5.76. The fourth-order valence-electron chi connectivity index (χ4n) is 1.63. The molecule has 0 aliphatic carbocycles. The lowest BCUT2D eigenvalue weighted by molar-refractivity contribution is -0.0583. The molecule has 56 valence electrons. The SMILES string of the molecule is O=C1N2CCC[C@H](C2)N1O. The summed E-state index contributed by atoms with van der Waals surface area (Å²) in [6, 6.07) is -0.149. The molecule has 1 atom stereocenters. The van der Waals surface area contributed by atoms with Gasteiger partial charge in [0.2, 0.25) is 0 Å². The maximum atomic E-state index is 11.0. The lowest BCUT2D eigenvalue weighted by Crippen LogP contribution is -2.30. The molecule has 2 aliphatic heterocycles. The lowest BCUT2D eigenvalue weighted by Gasteiger charge is -2.19. The van der Waals surface area contributed by atoms with Crippen molar-refractivity contribution >= 4 is 6.03 Å². The van der Waals surface area contributed by atoms with E-state index >= 15 is 0 Å². The zero-order chi connectivity index (χ0) is 7.14. The predicted octanol–water partition coefficient (Wildman–Crippen LogP) is 0.276. The lowest BCUT2D eigenvalue weighted by atomic mass is 10.1. The average molecular weight is 142 g/mol. The first-order valence-corrected chi connectivity index (χ1v) is 3.56. The molecule has 2 rings (SSSR count). The van der Waals surface area contributed by atoms with Crippen LogP contribution in [0.25, 0.3) is 0 Å². The number of rotatable bonds is 0. The first kappa shape index (κ1) is 5.97. The summed E-state index contributed by atoms with van der Waals surface area (Å²) in [4.78, 5) is 12.7. The van der Waals surface area contributed by atoms with E-state index in [-0.39, 0.29) is 12.1 Å². The molecule has 1 N–H and O–H groups in total. The molecule has 4 heteroatoms. The van der Waals surface area contributed by atoms with Gasteiger partial charge in [0.15, 0.2) is 0 Å². The fraction of sp³-hybridized carbons (Fsp3) is 0.833. The summed E-state index contributed by atoms with van der Waals surface area (Å²) >= 11 is 0. The van der Waals surface area contributed by atoms with Crippen molar-refractivity contribution in [1.82, 2.24) is 9.96 Å². The van der Waals surface area contributed by atoms with Crippen LogP contribution in [0.15, 0.2) is 0 Å². The standard InChI is InChI=1S/C6H10N2O2/c9-6-7-3-1-2-5(4-7)8(6)10/h5,10H,1-4H2/t5-/m1/s1. The quantitative estimate of drug-likeness (QED) is 0.493. The second kappa shape index (κ2) is 1.85. The average Bonchev–Trinajstić information content (AvgIpc) is 2.17. The van der Waals surface area contributed by atoms with E-state index in [1.165, 1.54) is 0 Å². The number of hydrogen-bond donors (Lipinski definition) is 1. The molecule has 0 aromatic rings. The van der Waals surface area contributed by atoms with E-state index < -0.39 is 0 Å². The van der Waals surface area contributed by atoms with Gasteiger partial charge in [0, 0.05) is 13.1 Å². The molecule has 2 aliphatic rings. The molecule has 2 heterocycles. The van der Waals surface area contributed by atoms with Crippen LogP contribution in [-0.4, -0.2) is 40.3 Å². The number of hydrogen-bond acceptors (Lipinski definition) is 2. The predicted molar refractivity (Wildman–Crippen MR) is 33.6 cm³/mol. The van der Waals surface area contributed by atoms with Gasteiger partial charge in [-0.3, -0.25) is 5.21 Å². The Morgan fingerprint density at radius 1 is 1.60 bits per heavy atom. The Morgan fingerprint density at radius 3 is 3.00 bits per heavy atom. The van der Waals surface area contributed by atoms with E-state index in [2.05, 4.69) is 0 Å². The molecule has 0 spiro atoms. The first-order chi connectivity index (χ1) is 4.79. The maximum Gasteiger partial charge on any atom is 0.344 e. The van der Waals surface area contributed by atoms with Gasteiger partial charge in [0.1, 0.15) is 0 Å². The Kier molecular flexibility index (Phi) is 1.11.